The monoisotopic (exact) mass is 366 g/mol. The summed E-state index contributed by atoms with van der Waals surface area (Å²) in [6, 6.07) is 11.6. The quantitative estimate of drug-likeness (QED) is 0.816. The van der Waals surface area contributed by atoms with Gasteiger partial charge in [-0.25, -0.2) is 4.79 Å². The number of hydrogen-bond acceptors (Lipinski definition) is 4. The second kappa shape index (κ2) is 8.04. The lowest BCUT2D eigenvalue weighted by Gasteiger charge is -2.12. The van der Waals surface area contributed by atoms with Gasteiger partial charge in [0.15, 0.2) is 6.61 Å². The average molecular weight is 367 g/mol. The van der Waals surface area contributed by atoms with Gasteiger partial charge in [-0.3, -0.25) is 4.79 Å². The van der Waals surface area contributed by atoms with Crippen LogP contribution in [0.5, 0.6) is 0 Å². The molecular formula is C17H16Cl2N2O3. The maximum absolute atomic E-state index is 11.9. The van der Waals surface area contributed by atoms with Crippen molar-refractivity contribution in [2.45, 2.75) is 0 Å². The summed E-state index contributed by atoms with van der Waals surface area (Å²) in [6.07, 6.45) is 0. The Hall–Kier alpha value is -2.24. The molecule has 0 atom stereocenters. The van der Waals surface area contributed by atoms with Crippen molar-refractivity contribution < 1.29 is 14.3 Å². The molecule has 0 heterocycles. The van der Waals surface area contributed by atoms with Crippen LogP contribution < -0.4 is 10.2 Å². The summed E-state index contributed by atoms with van der Waals surface area (Å²) in [5.74, 6) is -1.06. The van der Waals surface area contributed by atoms with E-state index >= 15 is 0 Å². The number of nitrogens with zero attached hydrogens (tertiary/aromatic N) is 1. The van der Waals surface area contributed by atoms with Crippen LogP contribution in [0.1, 0.15) is 10.4 Å². The topological polar surface area (TPSA) is 58.6 Å². The van der Waals surface area contributed by atoms with E-state index in [2.05, 4.69) is 5.32 Å². The van der Waals surface area contributed by atoms with Gasteiger partial charge in [0.2, 0.25) is 0 Å². The van der Waals surface area contributed by atoms with Gasteiger partial charge in [0.1, 0.15) is 0 Å². The van der Waals surface area contributed by atoms with Crippen LogP contribution >= 0.6 is 23.2 Å². The molecule has 1 amide bonds. The Labute approximate surface area is 150 Å². The highest BCUT2D eigenvalue weighted by Crippen LogP contribution is 2.25. The average Bonchev–Trinajstić information content (AvgIpc) is 2.55. The zero-order valence-corrected chi connectivity index (χ0v) is 14.7. The molecule has 2 rings (SSSR count). The molecule has 0 bridgehead atoms. The Morgan fingerprint density at radius 3 is 2.33 bits per heavy atom. The first-order valence-electron chi connectivity index (χ1n) is 7.06. The molecule has 0 aliphatic heterocycles. The van der Waals surface area contributed by atoms with Crippen molar-refractivity contribution in [3.63, 3.8) is 0 Å². The normalized spacial score (nSPS) is 10.2. The number of esters is 1. The summed E-state index contributed by atoms with van der Waals surface area (Å²) in [5, 5.41) is 3.33. The lowest BCUT2D eigenvalue weighted by atomic mass is 10.2. The fourth-order valence-corrected chi connectivity index (χ4v) is 2.34. The molecule has 1 N–H and O–H groups in total. The molecule has 2 aromatic carbocycles. The second-order valence-corrected chi connectivity index (χ2v) is 6.03. The molecule has 0 fully saturated rings. The molecular weight excluding hydrogens is 351 g/mol. The molecule has 0 radical (unpaired) electrons. The van der Waals surface area contributed by atoms with Gasteiger partial charge < -0.3 is 15.0 Å². The summed E-state index contributed by atoms with van der Waals surface area (Å²) in [5.41, 5.74) is 1.73. The molecule has 0 aliphatic carbocycles. The standard InChI is InChI=1S/C17H16Cl2N2O3/c1-21(2)13-6-3-11(4-7-13)17(23)24-10-16(22)20-15-8-5-12(18)9-14(15)19/h3-9H,10H2,1-2H3,(H,20,22). The number of rotatable bonds is 5. The van der Waals surface area contributed by atoms with Crippen LogP contribution in [0.25, 0.3) is 0 Å². The van der Waals surface area contributed by atoms with Crippen molar-refractivity contribution in [3.05, 3.63) is 58.1 Å². The number of hydrogen-bond donors (Lipinski definition) is 1. The smallest absolute Gasteiger partial charge is 0.338 e. The molecule has 5 nitrogen and oxygen atoms in total. The van der Waals surface area contributed by atoms with E-state index in [1.54, 1.807) is 36.4 Å². The Balaban J connectivity index is 1.90. The van der Waals surface area contributed by atoms with Crippen LogP contribution in [0.4, 0.5) is 11.4 Å². The lowest BCUT2D eigenvalue weighted by molar-refractivity contribution is -0.119. The van der Waals surface area contributed by atoms with Gasteiger partial charge in [-0.1, -0.05) is 23.2 Å². The van der Waals surface area contributed by atoms with E-state index in [1.165, 1.54) is 6.07 Å². The van der Waals surface area contributed by atoms with Crippen molar-refractivity contribution in [2.75, 3.05) is 30.9 Å². The Kier molecular flexibility index (Phi) is 6.06. The highest BCUT2D eigenvalue weighted by atomic mass is 35.5. The molecule has 0 aromatic heterocycles. The number of amides is 1. The van der Waals surface area contributed by atoms with E-state index in [0.29, 0.717) is 21.3 Å². The van der Waals surface area contributed by atoms with Gasteiger partial charge in [-0.05, 0) is 42.5 Å². The van der Waals surface area contributed by atoms with Crippen molar-refractivity contribution in [1.82, 2.24) is 0 Å². The second-order valence-electron chi connectivity index (χ2n) is 5.19. The highest BCUT2D eigenvalue weighted by molar-refractivity contribution is 6.36. The van der Waals surface area contributed by atoms with Crippen molar-refractivity contribution >= 4 is 46.5 Å². The maximum atomic E-state index is 11.9. The van der Waals surface area contributed by atoms with Gasteiger partial charge in [0.25, 0.3) is 5.91 Å². The number of nitrogens with one attached hydrogen (secondary N) is 1. The number of carbonyl (C=O) groups is 2. The number of benzene rings is 2. The Morgan fingerprint density at radius 2 is 1.75 bits per heavy atom. The summed E-state index contributed by atoms with van der Waals surface area (Å²) >= 11 is 11.7. The van der Waals surface area contributed by atoms with E-state index in [4.69, 9.17) is 27.9 Å². The van der Waals surface area contributed by atoms with Crippen LogP contribution in [0, 0.1) is 0 Å². The molecule has 7 heteroatoms. The zero-order valence-electron chi connectivity index (χ0n) is 13.2. The van der Waals surface area contributed by atoms with Gasteiger partial charge in [0.05, 0.1) is 16.3 Å². The number of carbonyl (C=O) groups excluding carboxylic acids is 2. The molecule has 0 saturated carbocycles. The van der Waals surface area contributed by atoms with E-state index in [1.807, 2.05) is 19.0 Å². The fraction of sp³-hybridized carbons (Fsp3) is 0.176. The van der Waals surface area contributed by atoms with Gasteiger partial charge in [-0.2, -0.15) is 0 Å². The first-order valence-corrected chi connectivity index (χ1v) is 7.82. The minimum atomic E-state index is -0.572. The molecule has 0 saturated heterocycles. The lowest BCUT2D eigenvalue weighted by Crippen LogP contribution is -2.21. The third-order valence-corrected chi connectivity index (χ3v) is 3.71. The predicted molar refractivity (Wildman–Crippen MR) is 96.1 cm³/mol. The first kappa shape index (κ1) is 18.1. The minimum absolute atomic E-state index is 0.307. The third-order valence-electron chi connectivity index (χ3n) is 3.16. The molecule has 126 valence electrons. The van der Waals surface area contributed by atoms with Crippen LogP contribution in [-0.4, -0.2) is 32.6 Å². The summed E-state index contributed by atoms with van der Waals surface area (Å²) in [7, 11) is 3.80. The highest BCUT2D eigenvalue weighted by Gasteiger charge is 2.12. The van der Waals surface area contributed by atoms with Crippen LogP contribution in [0.2, 0.25) is 10.0 Å². The van der Waals surface area contributed by atoms with Gasteiger partial charge >= 0.3 is 5.97 Å². The maximum Gasteiger partial charge on any atom is 0.338 e. The summed E-state index contributed by atoms with van der Waals surface area (Å²) in [6.45, 7) is -0.410. The molecule has 2 aromatic rings. The van der Waals surface area contributed by atoms with Crippen molar-refractivity contribution in [3.8, 4) is 0 Å². The largest absolute Gasteiger partial charge is 0.452 e. The van der Waals surface area contributed by atoms with E-state index in [0.717, 1.165) is 5.69 Å². The van der Waals surface area contributed by atoms with Crippen molar-refractivity contribution in [2.24, 2.45) is 0 Å². The molecule has 24 heavy (non-hydrogen) atoms. The van der Waals surface area contributed by atoms with E-state index in [9.17, 15) is 9.59 Å². The van der Waals surface area contributed by atoms with Gasteiger partial charge in [-0.15, -0.1) is 0 Å². The van der Waals surface area contributed by atoms with Crippen molar-refractivity contribution in [1.29, 1.82) is 0 Å². The van der Waals surface area contributed by atoms with Gasteiger partial charge in [0, 0.05) is 24.8 Å². The first-order chi connectivity index (χ1) is 11.4. The third kappa shape index (κ3) is 4.88. The predicted octanol–water partition coefficient (Wildman–Crippen LogP) is 3.85. The number of ether oxygens (including phenoxy) is 1. The molecule has 0 unspecified atom stereocenters. The van der Waals surface area contributed by atoms with Crippen LogP contribution in [0.15, 0.2) is 42.5 Å². The van der Waals surface area contributed by atoms with Crippen LogP contribution in [-0.2, 0) is 9.53 Å². The SMILES string of the molecule is CN(C)c1ccc(C(=O)OCC(=O)Nc2ccc(Cl)cc2Cl)cc1. The Morgan fingerprint density at radius 1 is 1.08 bits per heavy atom. The Bertz CT molecular complexity index is 746. The fourth-order valence-electron chi connectivity index (χ4n) is 1.89. The zero-order chi connectivity index (χ0) is 17.7. The molecule has 0 spiro atoms. The number of anilines is 2. The minimum Gasteiger partial charge on any atom is -0.452 e. The molecule has 0 aliphatic rings. The summed E-state index contributed by atoms with van der Waals surface area (Å²) in [4.78, 5) is 25.7. The van der Waals surface area contributed by atoms with E-state index in [-0.39, 0.29) is 0 Å². The van der Waals surface area contributed by atoms with E-state index < -0.39 is 18.5 Å². The number of halogens is 2. The summed E-state index contributed by atoms with van der Waals surface area (Å²) < 4.78 is 4.99. The van der Waals surface area contributed by atoms with Crippen LogP contribution in [0.3, 0.4) is 0 Å².